The van der Waals surface area contributed by atoms with Crippen LogP contribution in [0.1, 0.15) is 11.1 Å². The number of benzene rings is 2. The van der Waals surface area contributed by atoms with Gasteiger partial charge in [0.1, 0.15) is 0 Å². The fourth-order valence-electron chi connectivity index (χ4n) is 5.63. The standard InChI is InChI=1S/C32H26Cl2N4O4S/c1-20-2-5-26(6-3-20)43(40,41)38-17-28(22-8-9-36(31(39)11-22)14-21-4-7-29(33)30(34)10-21)27-12-25(13-35-32(27)38)37-15-23-18-42-19-24(23)16-37/h2-13,15,17,24H,14,16,18-19H2,1H3. The third-order valence-electron chi connectivity index (χ3n) is 8.00. The summed E-state index contributed by atoms with van der Waals surface area (Å²) in [6.45, 7) is 4.28. The molecule has 0 bridgehead atoms. The van der Waals surface area contributed by atoms with E-state index < -0.39 is 10.0 Å². The summed E-state index contributed by atoms with van der Waals surface area (Å²) in [6.07, 6.45) is 7.03. The number of aryl methyl sites for hydroxylation is 1. The Morgan fingerprint density at radius 3 is 2.58 bits per heavy atom. The number of pyridine rings is 2. The molecule has 43 heavy (non-hydrogen) atoms. The molecule has 3 aromatic heterocycles. The molecule has 11 heteroatoms. The molecule has 0 aliphatic carbocycles. The van der Waals surface area contributed by atoms with Gasteiger partial charge in [-0.3, -0.25) is 4.79 Å². The highest BCUT2D eigenvalue weighted by atomic mass is 35.5. The second-order valence-electron chi connectivity index (χ2n) is 10.9. The zero-order valence-corrected chi connectivity index (χ0v) is 25.4. The number of hydrogen-bond donors (Lipinski definition) is 0. The Hall–Kier alpha value is -3.89. The van der Waals surface area contributed by atoms with E-state index >= 15 is 0 Å². The van der Waals surface area contributed by atoms with Crippen molar-refractivity contribution in [3.63, 3.8) is 0 Å². The zero-order valence-electron chi connectivity index (χ0n) is 23.1. The summed E-state index contributed by atoms with van der Waals surface area (Å²) in [4.78, 5) is 20.2. The quantitative estimate of drug-likeness (QED) is 0.224. The minimum Gasteiger partial charge on any atom is -0.376 e. The van der Waals surface area contributed by atoms with Gasteiger partial charge >= 0.3 is 0 Å². The van der Waals surface area contributed by atoms with Crippen molar-refractivity contribution in [3.05, 3.63) is 123 Å². The second kappa shape index (κ2) is 10.7. The van der Waals surface area contributed by atoms with Gasteiger partial charge in [-0.15, -0.1) is 0 Å². The first-order valence-electron chi connectivity index (χ1n) is 13.7. The highest BCUT2D eigenvalue weighted by molar-refractivity contribution is 7.90. The van der Waals surface area contributed by atoms with Crippen LogP contribution in [0, 0.1) is 12.8 Å². The lowest BCUT2D eigenvalue weighted by Crippen LogP contribution is -2.19. The molecular weight excluding hydrogens is 607 g/mol. The molecule has 2 aliphatic rings. The van der Waals surface area contributed by atoms with Gasteiger partial charge in [-0.25, -0.2) is 17.4 Å². The molecule has 0 saturated carbocycles. The normalized spacial score (nSPS) is 16.6. The van der Waals surface area contributed by atoms with E-state index in [-0.39, 0.29) is 16.1 Å². The Labute approximate surface area is 258 Å². The molecule has 2 aromatic carbocycles. The fourth-order valence-corrected chi connectivity index (χ4v) is 7.28. The van der Waals surface area contributed by atoms with E-state index in [1.807, 2.05) is 25.1 Å². The maximum Gasteiger partial charge on any atom is 0.269 e. The van der Waals surface area contributed by atoms with Crippen LogP contribution in [0.15, 0.2) is 101 Å². The number of rotatable bonds is 6. The molecule has 5 aromatic rings. The van der Waals surface area contributed by atoms with E-state index in [1.54, 1.807) is 59.6 Å². The molecular formula is C32H26Cl2N4O4S. The van der Waals surface area contributed by atoms with E-state index in [4.69, 9.17) is 27.9 Å². The van der Waals surface area contributed by atoms with E-state index in [0.29, 0.717) is 52.2 Å². The van der Waals surface area contributed by atoms with Crippen LogP contribution in [0.25, 0.3) is 22.2 Å². The summed E-state index contributed by atoms with van der Waals surface area (Å²) >= 11 is 12.2. The van der Waals surface area contributed by atoms with Crippen LogP contribution in [0.4, 0.5) is 5.69 Å². The molecule has 1 unspecified atom stereocenters. The Morgan fingerprint density at radius 1 is 1.02 bits per heavy atom. The van der Waals surface area contributed by atoms with E-state index in [2.05, 4.69) is 16.1 Å². The summed E-state index contributed by atoms with van der Waals surface area (Å²) in [7, 11) is -3.97. The lowest BCUT2D eigenvalue weighted by atomic mass is 10.1. The summed E-state index contributed by atoms with van der Waals surface area (Å²) in [5, 5.41) is 1.49. The lowest BCUT2D eigenvalue weighted by Gasteiger charge is -2.17. The van der Waals surface area contributed by atoms with Gasteiger partial charge in [0.05, 0.1) is 46.6 Å². The highest BCUT2D eigenvalue weighted by Crippen LogP contribution is 2.36. The number of fused-ring (bicyclic) bond motifs is 2. The van der Waals surface area contributed by atoms with Gasteiger partial charge in [-0.1, -0.05) is 47.0 Å². The molecule has 2 aliphatic heterocycles. The number of hydrogen-bond acceptors (Lipinski definition) is 6. The van der Waals surface area contributed by atoms with Gasteiger partial charge in [-0.2, -0.15) is 0 Å². The van der Waals surface area contributed by atoms with E-state index in [0.717, 1.165) is 23.4 Å². The van der Waals surface area contributed by atoms with E-state index in [1.165, 1.54) is 15.6 Å². The summed E-state index contributed by atoms with van der Waals surface area (Å²) in [6, 6.07) is 17.2. The highest BCUT2D eigenvalue weighted by Gasteiger charge is 2.31. The maximum absolute atomic E-state index is 13.9. The fraction of sp³-hybridized carbons (Fsp3) is 0.188. The number of aromatic nitrogens is 3. The van der Waals surface area contributed by atoms with Gasteiger partial charge in [-0.05, 0) is 60.0 Å². The largest absolute Gasteiger partial charge is 0.376 e. The van der Waals surface area contributed by atoms with Crippen LogP contribution in [-0.4, -0.2) is 41.7 Å². The molecule has 1 fully saturated rings. The molecule has 5 heterocycles. The van der Waals surface area contributed by atoms with Gasteiger partial charge in [0.2, 0.25) is 0 Å². The summed E-state index contributed by atoms with van der Waals surface area (Å²) < 4.78 is 36.1. The third-order valence-corrected chi connectivity index (χ3v) is 10.4. The van der Waals surface area contributed by atoms with Crippen LogP contribution in [-0.2, 0) is 21.3 Å². The molecule has 0 radical (unpaired) electrons. The second-order valence-corrected chi connectivity index (χ2v) is 13.5. The van der Waals surface area contributed by atoms with Crippen LogP contribution in [0.5, 0.6) is 0 Å². The van der Waals surface area contributed by atoms with Crippen molar-refractivity contribution >= 4 is 49.9 Å². The Balaban J connectivity index is 1.34. The predicted octanol–water partition coefficient (Wildman–Crippen LogP) is 6.12. The first-order chi connectivity index (χ1) is 20.7. The number of halogens is 2. The molecule has 8 nitrogen and oxygen atoms in total. The first kappa shape index (κ1) is 27.9. The Morgan fingerprint density at radius 2 is 1.84 bits per heavy atom. The minimum atomic E-state index is -3.97. The summed E-state index contributed by atoms with van der Waals surface area (Å²) in [5.74, 6) is 0.338. The molecule has 0 N–H and O–H groups in total. The van der Waals surface area contributed by atoms with Crippen LogP contribution >= 0.6 is 23.2 Å². The van der Waals surface area contributed by atoms with Gasteiger partial charge < -0.3 is 14.2 Å². The van der Waals surface area contributed by atoms with Crippen molar-refractivity contribution in [2.45, 2.75) is 18.4 Å². The number of ether oxygens (including phenoxy) is 1. The number of nitrogens with zero attached hydrogens (tertiary/aromatic N) is 4. The monoisotopic (exact) mass is 632 g/mol. The number of anilines is 1. The van der Waals surface area contributed by atoms with Crippen molar-refractivity contribution in [1.29, 1.82) is 0 Å². The van der Waals surface area contributed by atoms with Crippen molar-refractivity contribution in [3.8, 4) is 11.1 Å². The third kappa shape index (κ3) is 5.06. The smallest absolute Gasteiger partial charge is 0.269 e. The molecule has 0 amide bonds. The molecule has 0 spiro atoms. The molecule has 7 rings (SSSR count). The van der Waals surface area contributed by atoms with Crippen molar-refractivity contribution < 1.29 is 13.2 Å². The van der Waals surface area contributed by atoms with Gasteiger partial charge in [0.15, 0.2) is 5.65 Å². The van der Waals surface area contributed by atoms with Crippen molar-refractivity contribution in [2.75, 3.05) is 24.7 Å². The topological polar surface area (TPSA) is 86.4 Å². The van der Waals surface area contributed by atoms with Crippen LogP contribution in [0.2, 0.25) is 10.0 Å². The zero-order chi connectivity index (χ0) is 29.9. The van der Waals surface area contributed by atoms with E-state index in [9.17, 15) is 13.2 Å². The molecule has 1 saturated heterocycles. The average Bonchev–Trinajstić information content (AvgIpc) is 3.70. The van der Waals surface area contributed by atoms with Gasteiger partial charge in [0.25, 0.3) is 15.6 Å². The Bertz CT molecular complexity index is 2100. The molecule has 1 atom stereocenters. The Kier molecular flexibility index (Phi) is 6.93. The predicted molar refractivity (Wildman–Crippen MR) is 168 cm³/mol. The SMILES string of the molecule is Cc1ccc(S(=O)(=O)n2cc(-c3ccn(Cc4ccc(Cl)c(Cl)c4)c(=O)c3)c3cc(N4C=C5COCC5C4)cnc32)cc1. The first-order valence-corrected chi connectivity index (χ1v) is 15.9. The van der Waals surface area contributed by atoms with Crippen molar-refractivity contribution in [2.24, 2.45) is 5.92 Å². The van der Waals surface area contributed by atoms with Gasteiger partial charge in [0, 0.05) is 48.1 Å². The minimum absolute atomic E-state index is 0.154. The molecule has 218 valence electrons. The average molecular weight is 634 g/mol. The van der Waals surface area contributed by atoms with Crippen molar-refractivity contribution in [1.82, 2.24) is 13.5 Å². The summed E-state index contributed by atoms with van der Waals surface area (Å²) in [5.41, 5.74) is 5.09. The maximum atomic E-state index is 13.9. The lowest BCUT2D eigenvalue weighted by molar-refractivity contribution is 0.188. The van der Waals surface area contributed by atoms with Crippen LogP contribution < -0.4 is 10.5 Å². The van der Waals surface area contributed by atoms with Crippen LogP contribution in [0.3, 0.4) is 0 Å².